The molecular weight excluding hydrogens is 541 g/mol. The first-order valence-corrected chi connectivity index (χ1v) is 12.2. The summed E-state index contributed by atoms with van der Waals surface area (Å²) in [7, 11) is -4.47. The van der Waals surface area contributed by atoms with Crippen LogP contribution in [0, 0.1) is 10.1 Å². The number of guanidine groups is 1. The van der Waals surface area contributed by atoms with Gasteiger partial charge in [0.05, 0.1) is 20.6 Å². The Bertz CT molecular complexity index is 1220. The monoisotopic (exact) mass is 563 g/mol. The number of nitrogens with two attached hydrogens (primary N) is 3. The van der Waals surface area contributed by atoms with E-state index in [9.17, 15) is 28.4 Å². The third-order valence-electron chi connectivity index (χ3n) is 4.79. The highest BCUT2D eigenvalue weighted by atomic mass is 35.5. The smallest absolute Gasteiger partial charge is 0.342 e. The molecule has 0 aliphatic rings. The number of halogens is 2. The number of hydrogen-bond acceptors (Lipinski definition) is 10. The second kappa shape index (κ2) is 12.5. The van der Waals surface area contributed by atoms with Crippen molar-refractivity contribution in [2.45, 2.75) is 30.3 Å². The number of rotatable bonds is 11. The minimum atomic E-state index is -4.47. The van der Waals surface area contributed by atoms with E-state index in [0.717, 1.165) is 16.4 Å². The van der Waals surface area contributed by atoms with Gasteiger partial charge in [0.25, 0.3) is 5.96 Å². The highest BCUT2D eigenvalue weighted by Crippen LogP contribution is 2.33. The van der Waals surface area contributed by atoms with Crippen LogP contribution in [0.5, 0.6) is 5.75 Å². The number of nitrogens with one attached hydrogen (secondary N) is 1. The fourth-order valence-electron chi connectivity index (χ4n) is 3.06. The van der Waals surface area contributed by atoms with Crippen LogP contribution in [0.25, 0.3) is 0 Å². The van der Waals surface area contributed by atoms with E-state index in [4.69, 9.17) is 40.6 Å². The first-order valence-electron chi connectivity index (χ1n) is 10.0. The molecule has 17 heteroatoms. The molecule has 0 unspecified atom stereocenters. The lowest BCUT2D eigenvalue weighted by molar-refractivity contribution is -0.525. The van der Waals surface area contributed by atoms with E-state index in [1.54, 1.807) is 5.43 Å². The zero-order valence-corrected chi connectivity index (χ0v) is 20.8. The number of benzene rings is 2. The molecule has 0 bridgehead atoms. The van der Waals surface area contributed by atoms with Crippen molar-refractivity contribution in [2.24, 2.45) is 16.6 Å². The van der Waals surface area contributed by atoms with E-state index < -0.39 is 33.0 Å². The average Bonchev–Trinajstić information content (AvgIpc) is 2.81. The highest BCUT2D eigenvalue weighted by molar-refractivity contribution is 7.89. The Morgan fingerprint density at radius 1 is 1.25 bits per heavy atom. The van der Waals surface area contributed by atoms with Gasteiger partial charge in [-0.05, 0) is 42.7 Å². The van der Waals surface area contributed by atoms with E-state index >= 15 is 0 Å². The molecule has 0 aliphatic heterocycles. The van der Waals surface area contributed by atoms with Crippen molar-refractivity contribution in [3.8, 4) is 5.75 Å². The summed E-state index contributed by atoms with van der Waals surface area (Å²) in [6.07, 6.45) is -0.0935. The van der Waals surface area contributed by atoms with E-state index in [0.29, 0.717) is 5.56 Å². The quantitative estimate of drug-likeness (QED) is 0.0648. The maximum Gasteiger partial charge on any atom is 0.342 e. The van der Waals surface area contributed by atoms with Crippen LogP contribution in [-0.4, -0.2) is 47.4 Å². The molecule has 0 saturated heterocycles. The Kier molecular flexibility index (Phi) is 10.1. The van der Waals surface area contributed by atoms with Crippen molar-refractivity contribution in [1.82, 2.24) is 9.73 Å². The first-order chi connectivity index (χ1) is 16.9. The largest absolute Gasteiger partial charge is 0.508 e. The molecule has 0 amide bonds. The predicted octanol–water partition coefficient (Wildman–Crippen LogP) is 1.13. The second-order valence-corrected chi connectivity index (χ2v) is 9.95. The maximum absolute atomic E-state index is 13.7. The average molecular weight is 564 g/mol. The number of hydrogen-bond donors (Lipinski definition) is 5. The molecule has 2 aromatic rings. The first kappa shape index (κ1) is 28.9. The number of aromatic hydroxyl groups is 1. The summed E-state index contributed by atoms with van der Waals surface area (Å²) in [5.74, 6) is 3.48. The van der Waals surface area contributed by atoms with Gasteiger partial charge in [0.1, 0.15) is 11.8 Å². The molecule has 2 rings (SSSR count). The molecule has 0 spiro atoms. The zero-order chi connectivity index (χ0) is 27.0. The van der Waals surface area contributed by atoms with Gasteiger partial charge in [-0.15, -0.1) is 0 Å². The third-order valence-corrected chi connectivity index (χ3v) is 7.25. The fourth-order valence-corrected chi connectivity index (χ4v) is 5.33. The van der Waals surface area contributed by atoms with E-state index in [-0.39, 0.29) is 52.3 Å². The van der Waals surface area contributed by atoms with Crippen molar-refractivity contribution in [3.63, 3.8) is 0 Å². The number of nitrogen functional groups attached to an aromatic ring is 1. The molecule has 0 heterocycles. The number of carbonyl (C=O) groups is 1. The van der Waals surface area contributed by atoms with E-state index in [2.05, 4.69) is 9.83 Å². The number of hydrazine groups is 1. The lowest BCUT2D eigenvalue weighted by Gasteiger charge is -2.29. The summed E-state index contributed by atoms with van der Waals surface area (Å²) < 4.78 is 28.2. The lowest BCUT2D eigenvalue weighted by atomic mass is 10.1. The number of aliphatic imine (C=N–C) groups is 1. The van der Waals surface area contributed by atoms with Crippen molar-refractivity contribution in [1.29, 1.82) is 0 Å². The Labute approximate surface area is 215 Å². The maximum atomic E-state index is 13.7. The molecule has 0 saturated carbocycles. The number of sulfonamides is 1. The van der Waals surface area contributed by atoms with Gasteiger partial charge in [-0.3, -0.25) is 0 Å². The molecule has 1 atom stereocenters. The number of anilines is 1. The molecule has 2 aromatic carbocycles. The van der Waals surface area contributed by atoms with Crippen LogP contribution in [0.2, 0.25) is 10.0 Å². The highest BCUT2D eigenvalue weighted by Gasteiger charge is 2.37. The zero-order valence-electron chi connectivity index (χ0n) is 18.5. The SMILES string of the molecule is NOC(=O)[C@@H](CCCN=C(N)N[N+](=O)[O-])N(Cc1ccc(O)cc1)S(=O)(=O)c1cc(Cl)c(N)c(Cl)c1. The minimum Gasteiger partial charge on any atom is -0.508 e. The summed E-state index contributed by atoms with van der Waals surface area (Å²) in [5.41, 5.74) is 13.1. The summed E-state index contributed by atoms with van der Waals surface area (Å²) in [6, 6.07) is 6.31. The van der Waals surface area contributed by atoms with Crippen LogP contribution in [0.15, 0.2) is 46.3 Å². The van der Waals surface area contributed by atoms with Crippen molar-refractivity contribution >= 4 is 50.8 Å². The second-order valence-electron chi connectivity index (χ2n) is 7.25. The Morgan fingerprint density at radius 2 is 1.83 bits per heavy atom. The Hall–Kier alpha value is -3.37. The van der Waals surface area contributed by atoms with Gasteiger partial charge in [0, 0.05) is 13.1 Å². The number of nitrogens with zero attached hydrogens (tertiary/aromatic N) is 3. The third kappa shape index (κ3) is 7.56. The predicted molar refractivity (Wildman–Crippen MR) is 132 cm³/mol. The van der Waals surface area contributed by atoms with Crippen LogP contribution in [0.3, 0.4) is 0 Å². The number of phenols is 1. The van der Waals surface area contributed by atoms with Crippen molar-refractivity contribution < 1.29 is 28.2 Å². The van der Waals surface area contributed by atoms with Crippen LogP contribution in [0.4, 0.5) is 5.69 Å². The molecule has 0 aliphatic carbocycles. The Morgan fingerprint density at radius 3 is 2.36 bits per heavy atom. The summed E-state index contributed by atoms with van der Waals surface area (Å²) in [5, 5.41) is 18.8. The van der Waals surface area contributed by atoms with Crippen LogP contribution >= 0.6 is 23.2 Å². The van der Waals surface area contributed by atoms with E-state index in [1.165, 1.54) is 24.3 Å². The van der Waals surface area contributed by atoms with Crippen LogP contribution in [-0.2, 0) is 26.2 Å². The minimum absolute atomic E-state index is 0.0286. The number of nitro groups is 1. The fraction of sp³-hybridized carbons (Fsp3) is 0.263. The number of phenolic OH excluding ortho intramolecular Hbond substituents is 1. The normalized spacial score (nSPS) is 12.8. The molecular formula is C19H23Cl2N7O7S. The number of carbonyl (C=O) groups excluding carboxylic acids is 1. The summed E-state index contributed by atoms with van der Waals surface area (Å²) in [4.78, 5) is 30.8. The molecule has 36 heavy (non-hydrogen) atoms. The standard InChI is InChI=1S/C19H23Cl2N7O7S/c20-14-8-13(9-15(21)17(14)22)36(33,34)27(10-11-3-5-12(29)6-4-11)16(18(30)35-24)2-1-7-25-19(23)26-28(31)32/h3-6,8-9,16,29H,1-2,7,10,22,24H2,(H3,23,25,26)/t16-/m1/s1. The molecule has 0 aromatic heterocycles. The van der Waals surface area contributed by atoms with Gasteiger partial charge in [-0.25, -0.2) is 28.3 Å². The van der Waals surface area contributed by atoms with Gasteiger partial charge < -0.3 is 21.4 Å². The van der Waals surface area contributed by atoms with Gasteiger partial charge in [0.2, 0.25) is 10.0 Å². The molecule has 196 valence electrons. The van der Waals surface area contributed by atoms with Crippen LogP contribution in [0.1, 0.15) is 18.4 Å². The van der Waals surface area contributed by atoms with Crippen molar-refractivity contribution in [3.05, 3.63) is 62.1 Å². The summed E-state index contributed by atoms with van der Waals surface area (Å²) >= 11 is 12.1. The van der Waals surface area contributed by atoms with Gasteiger partial charge >= 0.3 is 5.97 Å². The summed E-state index contributed by atoms with van der Waals surface area (Å²) in [6.45, 7) is -0.427. The topological polar surface area (TPSA) is 230 Å². The van der Waals surface area contributed by atoms with E-state index in [1.807, 2.05) is 0 Å². The Balaban J connectivity index is 2.47. The van der Waals surface area contributed by atoms with Gasteiger partial charge in [-0.1, -0.05) is 40.8 Å². The molecule has 0 radical (unpaired) electrons. The lowest BCUT2D eigenvalue weighted by Crippen LogP contribution is -2.46. The van der Waals surface area contributed by atoms with Crippen molar-refractivity contribution in [2.75, 3.05) is 12.3 Å². The molecule has 8 N–H and O–H groups in total. The van der Waals surface area contributed by atoms with Gasteiger partial charge in [-0.2, -0.15) is 10.2 Å². The molecule has 0 fully saturated rings. The van der Waals surface area contributed by atoms with Crippen LogP contribution < -0.4 is 22.8 Å². The molecule has 14 nitrogen and oxygen atoms in total. The van der Waals surface area contributed by atoms with Gasteiger partial charge in [0.15, 0.2) is 5.03 Å².